The molecule has 104 valence electrons. The fraction of sp³-hybridized carbons (Fsp3) is 0.500. The maximum absolute atomic E-state index is 13.3. The Morgan fingerprint density at radius 2 is 2.26 bits per heavy atom. The molecule has 2 rings (SSSR count). The first-order chi connectivity index (χ1) is 9.00. The molecule has 0 aliphatic carbocycles. The molecule has 1 aromatic carbocycles. The van der Waals surface area contributed by atoms with Crippen LogP contribution < -0.4 is 5.73 Å². The molecule has 2 N–H and O–H groups in total. The molecule has 1 saturated heterocycles. The Morgan fingerprint density at radius 1 is 1.53 bits per heavy atom. The number of rotatable bonds is 2. The standard InChI is InChI=1S/C14H18BrFN2O/c1-9(17)13-4-2-3-7-18(13)14(19)11-8-10(16)5-6-12(11)15/h5-6,8-9,13H,2-4,7,17H2,1H3/t9-,13+/m1/s1. The Balaban J connectivity index is 2.28. The second-order valence-corrected chi connectivity index (χ2v) is 5.90. The lowest BCUT2D eigenvalue weighted by atomic mass is 9.96. The van der Waals surface area contributed by atoms with Gasteiger partial charge in [0.15, 0.2) is 0 Å². The van der Waals surface area contributed by atoms with E-state index in [1.54, 1.807) is 11.0 Å². The van der Waals surface area contributed by atoms with Crippen LogP contribution >= 0.6 is 15.9 Å². The Kier molecular flexibility index (Phi) is 4.58. The summed E-state index contributed by atoms with van der Waals surface area (Å²) in [4.78, 5) is 14.3. The van der Waals surface area contributed by atoms with Crippen LogP contribution in [-0.4, -0.2) is 29.4 Å². The Morgan fingerprint density at radius 3 is 2.95 bits per heavy atom. The Labute approximate surface area is 121 Å². The van der Waals surface area contributed by atoms with E-state index in [-0.39, 0.29) is 18.0 Å². The summed E-state index contributed by atoms with van der Waals surface area (Å²) in [7, 11) is 0. The zero-order chi connectivity index (χ0) is 14.0. The molecular formula is C14H18BrFN2O. The molecule has 5 heteroatoms. The smallest absolute Gasteiger partial charge is 0.255 e. The quantitative estimate of drug-likeness (QED) is 0.907. The van der Waals surface area contributed by atoms with Crippen molar-refractivity contribution >= 4 is 21.8 Å². The van der Waals surface area contributed by atoms with E-state index in [1.165, 1.54) is 12.1 Å². The lowest BCUT2D eigenvalue weighted by molar-refractivity contribution is 0.0582. The third-order valence-corrected chi connectivity index (χ3v) is 4.27. The first-order valence-corrected chi connectivity index (χ1v) is 7.31. The summed E-state index contributed by atoms with van der Waals surface area (Å²) in [5.74, 6) is -0.547. The monoisotopic (exact) mass is 328 g/mol. The summed E-state index contributed by atoms with van der Waals surface area (Å²) in [6, 6.07) is 4.14. The van der Waals surface area contributed by atoms with Gasteiger partial charge in [-0.1, -0.05) is 0 Å². The van der Waals surface area contributed by atoms with Crippen molar-refractivity contribution in [3.05, 3.63) is 34.1 Å². The number of hydrogen-bond donors (Lipinski definition) is 1. The van der Waals surface area contributed by atoms with Crippen molar-refractivity contribution in [1.82, 2.24) is 4.90 Å². The van der Waals surface area contributed by atoms with Gasteiger partial charge >= 0.3 is 0 Å². The molecule has 0 unspecified atom stereocenters. The molecular weight excluding hydrogens is 311 g/mol. The van der Waals surface area contributed by atoms with Gasteiger partial charge in [-0.2, -0.15) is 0 Å². The van der Waals surface area contributed by atoms with Gasteiger partial charge in [-0.25, -0.2) is 4.39 Å². The molecule has 0 spiro atoms. The van der Waals surface area contributed by atoms with Crippen molar-refractivity contribution in [3.8, 4) is 0 Å². The Hall–Kier alpha value is -0.940. The molecule has 3 nitrogen and oxygen atoms in total. The largest absolute Gasteiger partial charge is 0.334 e. The van der Waals surface area contributed by atoms with Gasteiger partial charge in [0.1, 0.15) is 5.82 Å². The van der Waals surface area contributed by atoms with Crippen LogP contribution in [0.5, 0.6) is 0 Å². The number of likely N-dealkylation sites (tertiary alicyclic amines) is 1. The molecule has 1 aromatic rings. The van der Waals surface area contributed by atoms with Gasteiger partial charge in [-0.3, -0.25) is 4.79 Å². The van der Waals surface area contributed by atoms with E-state index in [0.717, 1.165) is 19.3 Å². The van der Waals surface area contributed by atoms with Gasteiger partial charge in [0.25, 0.3) is 5.91 Å². The number of halogens is 2. The second kappa shape index (κ2) is 6.01. The minimum atomic E-state index is -0.402. The fourth-order valence-electron chi connectivity index (χ4n) is 2.57. The number of carbonyl (C=O) groups excluding carboxylic acids is 1. The molecule has 0 aromatic heterocycles. The third kappa shape index (κ3) is 3.15. The highest BCUT2D eigenvalue weighted by atomic mass is 79.9. The van der Waals surface area contributed by atoms with Gasteiger partial charge in [0.05, 0.1) is 5.56 Å². The predicted molar refractivity (Wildman–Crippen MR) is 76.4 cm³/mol. The minimum absolute atomic E-state index is 0.0383. The van der Waals surface area contributed by atoms with Crippen molar-refractivity contribution in [2.24, 2.45) is 5.73 Å². The van der Waals surface area contributed by atoms with Crippen molar-refractivity contribution in [1.29, 1.82) is 0 Å². The number of nitrogens with zero attached hydrogens (tertiary/aromatic N) is 1. The summed E-state index contributed by atoms with van der Waals surface area (Å²) in [6.07, 6.45) is 2.97. The number of nitrogens with two attached hydrogens (primary N) is 1. The molecule has 0 saturated carbocycles. The fourth-order valence-corrected chi connectivity index (χ4v) is 2.99. The summed E-state index contributed by atoms with van der Waals surface area (Å²) in [5.41, 5.74) is 6.33. The summed E-state index contributed by atoms with van der Waals surface area (Å²) in [6.45, 7) is 2.60. The second-order valence-electron chi connectivity index (χ2n) is 5.04. The molecule has 1 heterocycles. The van der Waals surface area contributed by atoms with Crippen molar-refractivity contribution < 1.29 is 9.18 Å². The number of amides is 1. The van der Waals surface area contributed by atoms with E-state index < -0.39 is 5.82 Å². The number of piperidine rings is 1. The van der Waals surface area contributed by atoms with E-state index >= 15 is 0 Å². The van der Waals surface area contributed by atoms with Gasteiger partial charge in [-0.15, -0.1) is 0 Å². The summed E-state index contributed by atoms with van der Waals surface area (Å²) >= 11 is 3.31. The maximum Gasteiger partial charge on any atom is 0.255 e. The minimum Gasteiger partial charge on any atom is -0.334 e. The molecule has 0 radical (unpaired) electrons. The van der Waals surface area contributed by atoms with Crippen molar-refractivity contribution in [2.75, 3.05) is 6.54 Å². The average molecular weight is 329 g/mol. The van der Waals surface area contributed by atoms with E-state index in [9.17, 15) is 9.18 Å². The van der Waals surface area contributed by atoms with E-state index in [0.29, 0.717) is 16.6 Å². The van der Waals surface area contributed by atoms with Crippen LogP contribution in [0.15, 0.2) is 22.7 Å². The predicted octanol–water partition coefficient (Wildman–Crippen LogP) is 2.93. The van der Waals surface area contributed by atoms with Crippen molar-refractivity contribution in [3.63, 3.8) is 0 Å². The topological polar surface area (TPSA) is 46.3 Å². The van der Waals surface area contributed by atoms with E-state index in [4.69, 9.17) is 5.73 Å². The van der Waals surface area contributed by atoms with Gasteiger partial charge in [0, 0.05) is 23.1 Å². The third-order valence-electron chi connectivity index (χ3n) is 3.58. The van der Waals surface area contributed by atoms with Crippen LogP contribution in [0.3, 0.4) is 0 Å². The van der Waals surface area contributed by atoms with Crippen LogP contribution in [0.4, 0.5) is 4.39 Å². The molecule has 1 aliphatic heterocycles. The normalized spacial score (nSPS) is 21.3. The van der Waals surface area contributed by atoms with Crippen LogP contribution in [0.25, 0.3) is 0 Å². The lowest BCUT2D eigenvalue weighted by Gasteiger charge is -2.38. The Bertz CT molecular complexity index is 479. The molecule has 2 atom stereocenters. The van der Waals surface area contributed by atoms with Crippen LogP contribution in [0, 0.1) is 5.82 Å². The molecule has 19 heavy (non-hydrogen) atoms. The molecule has 0 bridgehead atoms. The zero-order valence-electron chi connectivity index (χ0n) is 10.9. The number of hydrogen-bond acceptors (Lipinski definition) is 2. The molecule has 1 aliphatic rings. The van der Waals surface area contributed by atoms with Crippen molar-refractivity contribution in [2.45, 2.75) is 38.3 Å². The summed E-state index contributed by atoms with van der Waals surface area (Å²) in [5, 5.41) is 0. The van der Waals surface area contributed by atoms with Crippen LogP contribution in [0.2, 0.25) is 0 Å². The molecule has 1 fully saturated rings. The molecule has 1 amide bonds. The van der Waals surface area contributed by atoms with E-state index in [2.05, 4.69) is 15.9 Å². The number of benzene rings is 1. The highest BCUT2D eigenvalue weighted by Gasteiger charge is 2.30. The number of carbonyl (C=O) groups is 1. The van der Waals surface area contributed by atoms with Gasteiger partial charge in [0.2, 0.25) is 0 Å². The van der Waals surface area contributed by atoms with Gasteiger partial charge in [-0.05, 0) is 60.3 Å². The average Bonchev–Trinajstić information content (AvgIpc) is 2.40. The maximum atomic E-state index is 13.3. The highest BCUT2D eigenvalue weighted by molar-refractivity contribution is 9.10. The van der Waals surface area contributed by atoms with E-state index in [1.807, 2.05) is 6.92 Å². The lowest BCUT2D eigenvalue weighted by Crippen LogP contribution is -2.51. The van der Waals surface area contributed by atoms with Crippen LogP contribution in [-0.2, 0) is 0 Å². The van der Waals surface area contributed by atoms with Gasteiger partial charge < -0.3 is 10.6 Å². The highest BCUT2D eigenvalue weighted by Crippen LogP contribution is 2.25. The van der Waals surface area contributed by atoms with Crippen LogP contribution in [0.1, 0.15) is 36.5 Å². The first kappa shape index (κ1) is 14.5. The SMILES string of the molecule is C[C@@H](N)[C@@H]1CCCCN1C(=O)c1cc(F)ccc1Br. The zero-order valence-corrected chi connectivity index (χ0v) is 12.5. The first-order valence-electron chi connectivity index (χ1n) is 6.52. The summed E-state index contributed by atoms with van der Waals surface area (Å²) < 4.78 is 13.9.